The van der Waals surface area contributed by atoms with Crippen LogP contribution >= 0.6 is 0 Å². The number of carbonyl (C=O) groups excluding carboxylic acids is 1. The molecule has 0 aliphatic carbocycles. The summed E-state index contributed by atoms with van der Waals surface area (Å²) in [7, 11) is 0. The van der Waals surface area contributed by atoms with Crippen molar-refractivity contribution in [1.29, 1.82) is 0 Å². The van der Waals surface area contributed by atoms with Gasteiger partial charge in [0, 0.05) is 57.1 Å². The Morgan fingerprint density at radius 2 is 2.06 bits per heavy atom. The zero-order valence-corrected chi connectivity index (χ0v) is 17.3. The van der Waals surface area contributed by atoms with Gasteiger partial charge < -0.3 is 9.80 Å². The van der Waals surface area contributed by atoms with Crippen molar-refractivity contribution in [2.45, 2.75) is 32.1 Å². The molecule has 0 radical (unpaired) electrons. The first-order chi connectivity index (χ1) is 14.8. The Kier molecular flexibility index (Phi) is 5.99. The van der Waals surface area contributed by atoms with Crippen molar-refractivity contribution in [2.75, 3.05) is 37.6 Å². The van der Waals surface area contributed by atoms with Crippen LogP contribution in [0, 0.1) is 0 Å². The van der Waals surface area contributed by atoms with E-state index in [0.29, 0.717) is 25.5 Å². The Morgan fingerprint density at radius 3 is 2.68 bits per heavy atom. The van der Waals surface area contributed by atoms with Crippen molar-refractivity contribution in [3.63, 3.8) is 0 Å². The predicted molar refractivity (Wildman–Crippen MR) is 110 cm³/mol. The third kappa shape index (κ3) is 4.73. The highest BCUT2D eigenvalue weighted by Crippen LogP contribution is 2.30. The number of amides is 1. The largest absolute Gasteiger partial charge is 0.417 e. The molecule has 1 N–H and O–H groups in total. The van der Waals surface area contributed by atoms with Gasteiger partial charge in [0.15, 0.2) is 0 Å². The van der Waals surface area contributed by atoms with E-state index >= 15 is 0 Å². The Balaban J connectivity index is 1.39. The lowest BCUT2D eigenvalue weighted by atomic mass is 10.0. The summed E-state index contributed by atoms with van der Waals surface area (Å²) in [6, 6.07) is 2.65. The smallest absolute Gasteiger partial charge is 0.351 e. The van der Waals surface area contributed by atoms with Crippen LogP contribution in [0.3, 0.4) is 0 Å². The standard InChI is InChI=1S/C21H25F3N6O/c1-15-12-29(8-9-30(15)19-3-2-18(11-25-19)21(22,23)24)13-17-10-26-27-20(17)16-4-6-28(14-31)7-5-16/h2-4,10-11,14-15H,5-9,12-13H2,1H3,(H,26,27)/t15-/m1/s1. The molecule has 0 aromatic carbocycles. The quantitative estimate of drug-likeness (QED) is 0.733. The molecule has 0 bridgehead atoms. The average Bonchev–Trinajstić information content (AvgIpc) is 3.21. The van der Waals surface area contributed by atoms with E-state index in [1.807, 2.05) is 11.1 Å². The van der Waals surface area contributed by atoms with Crippen molar-refractivity contribution >= 4 is 17.8 Å². The molecular weight excluding hydrogens is 409 g/mol. The van der Waals surface area contributed by atoms with Gasteiger partial charge in [-0.1, -0.05) is 6.08 Å². The van der Waals surface area contributed by atoms with Crippen LogP contribution in [0.25, 0.3) is 5.57 Å². The number of alkyl halides is 3. The van der Waals surface area contributed by atoms with E-state index in [9.17, 15) is 18.0 Å². The second kappa shape index (κ2) is 8.70. The number of hydrogen-bond acceptors (Lipinski definition) is 5. The molecule has 10 heteroatoms. The van der Waals surface area contributed by atoms with E-state index in [1.165, 1.54) is 11.6 Å². The molecule has 1 fully saturated rings. The fourth-order valence-electron chi connectivity index (χ4n) is 4.20. The molecule has 2 aromatic heterocycles. The van der Waals surface area contributed by atoms with Crippen molar-refractivity contribution in [1.82, 2.24) is 25.0 Å². The van der Waals surface area contributed by atoms with Gasteiger partial charge in [-0.05, 0) is 31.1 Å². The lowest BCUT2D eigenvalue weighted by molar-refractivity contribution is -0.137. The van der Waals surface area contributed by atoms with Crippen molar-refractivity contribution in [2.24, 2.45) is 0 Å². The van der Waals surface area contributed by atoms with Crippen LogP contribution in [0.1, 0.15) is 30.2 Å². The number of nitrogens with zero attached hydrogens (tertiary/aromatic N) is 5. The van der Waals surface area contributed by atoms with Crippen LogP contribution in [0.2, 0.25) is 0 Å². The van der Waals surface area contributed by atoms with E-state index < -0.39 is 11.7 Å². The van der Waals surface area contributed by atoms with Gasteiger partial charge in [-0.25, -0.2) is 4.98 Å². The summed E-state index contributed by atoms with van der Waals surface area (Å²) in [5.74, 6) is 0.566. The normalized spacial score (nSPS) is 20.6. The SMILES string of the molecule is C[C@@H]1CN(Cc2cn[nH]c2C2=CCN(C=O)CC2)CCN1c1ccc(C(F)(F)F)cn1. The minimum Gasteiger partial charge on any atom is -0.351 e. The van der Waals surface area contributed by atoms with Crippen molar-refractivity contribution in [3.05, 3.63) is 47.4 Å². The van der Waals surface area contributed by atoms with Crippen LogP contribution in [0.5, 0.6) is 0 Å². The number of aromatic nitrogens is 3. The van der Waals surface area contributed by atoms with Crippen molar-refractivity contribution in [3.8, 4) is 0 Å². The number of rotatable bonds is 5. The minimum absolute atomic E-state index is 0.114. The summed E-state index contributed by atoms with van der Waals surface area (Å²) < 4.78 is 38.4. The monoisotopic (exact) mass is 434 g/mol. The molecule has 166 valence electrons. The van der Waals surface area contributed by atoms with Gasteiger partial charge >= 0.3 is 6.18 Å². The van der Waals surface area contributed by atoms with Gasteiger partial charge in [0.05, 0.1) is 17.5 Å². The second-order valence-electron chi connectivity index (χ2n) is 8.03. The van der Waals surface area contributed by atoms with E-state index in [0.717, 1.165) is 56.0 Å². The number of nitrogens with one attached hydrogen (secondary N) is 1. The first-order valence-electron chi connectivity index (χ1n) is 10.3. The number of anilines is 1. The maximum Gasteiger partial charge on any atom is 0.417 e. The molecule has 7 nitrogen and oxygen atoms in total. The lowest BCUT2D eigenvalue weighted by Gasteiger charge is -2.40. The van der Waals surface area contributed by atoms with Gasteiger partial charge in [-0.15, -0.1) is 0 Å². The molecule has 0 spiro atoms. The fourth-order valence-corrected chi connectivity index (χ4v) is 4.20. The number of halogens is 3. The maximum absolute atomic E-state index is 12.8. The topological polar surface area (TPSA) is 68.4 Å². The summed E-state index contributed by atoms with van der Waals surface area (Å²) in [5, 5.41) is 7.32. The van der Waals surface area contributed by atoms with Gasteiger partial charge in [0.25, 0.3) is 0 Å². The molecule has 1 saturated heterocycles. The van der Waals surface area contributed by atoms with E-state index in [1.54, 1.807) is 4.90 Å². The number of H-pyrrole nitrogens is 1. The summed E-state index contributed by atoms with van der Waals surface area (Å²) in [5.41, 5.74) is 2.57. The van der Waals surface area contributed by atoms with Crippen LogP contribution in [-0.4, -0.2) is 70.2 Å². The van der Waals surface area contributed by atoms with E-state index in [4.69, 9.17) is 0 Å². The third-order valence-electron chi connectivity index (χ3n) is 5.90. The van der Waals surface area contributed by atoms with Crippen LogP contribution in [0.4, 0.5) is 19.0 Å². The Morgan fingerprint density at radius 1 is 1.23 bits per heavy atom. The average molecular weight is 434 g/mol. The molecule has 1 amide bonds. The Labute approximate surface area is 178 Å². The summed E-state index contributed by atoms with van der Waals surface area (Å²) in [6.07, 6.45) is 2.08. The first kappa shape index (κ1) is 21.4. The summed E-state index contributed by atoms with van der Waals surface area (Å²) in [6.45, 7) is 6.32. The Bertz CT molecular complexity index is 939. The highest BCUT2D eigenvalue weighted by Gasteiger charge is 2.32. The first-order valence-corrected chi connectivity index (χ1v) is 10.3. The van der Waals surface area contributed by atoms with Gasteiger partial charge in [0.2, 0.25) is 6.41 Å². The highest BCUT2D eigenvalue weighted by molar-refractivity contribution is 5.67. The lowest BCUT2D eigenvalue weighted by Crippen LogP contribution is -2.51. The molecular formula is C21H25F3N6O. The number of pyridine rings is 1. The molecule has 4 heterocycles. The fraction of sp³-hybridized carbons (Fsp3) is 0.476. The van der Waals surface area contributed by atoms with E-state index in [2.05, 4.69) is 33.1 Å². The Hall–Kier alpha value is -2.88. The van der Waals surface area contributed by atoms with E-state index in [-0.39, 0.29) is 6.04 Å². The van der Waals surface area contributed by atoms with Crippen LogP contribution < -0.4 is 4.90 Å². The third-order valence-corrected chi connectivity index (χ3v) is 5.90. The zero-order valence-electron chi connectivity index (χ0n) is 17.3. The van der Waals surface area contributed by atoms with Gasteiger partial charge in [-0.2, -0.15) is 18.3 Å². The molecule has 1 atom stereocenters. The molecule has 2 aliphatic heterocycles. The molecule has 31 heavy (non-hydrogen) atoms. The zero-order chi connectivity index (χ0) is 22.0. The predicted octanol–water partition coefficient (Wildman–Crippen LogP) is 2.78. The van der Waals surface area contributed by atoms with Gasteiger partial charge in [0.1, 0.15) is 5.82 Å². The van der Waals surface area contributed by atoms with Crippen molar-refractivity contribution < 1.29 is 18.0 Å². The number of hydrogen-bond donors (Lipinski definition) is 1. The number of aromatic amines is 1. The summed E-state index contributed by atoms with van der Waals surface area (Å²) in [4.78, 5) is 21.1. The number of piperazine rings is 1. The molecule has 4 rings (SSSR count). The molecule has 2 aromatic rings. The second-order valence-corrected chi connectivity index (χ2v) is 8.03. The molecule has 2 aliphatic rings. The minimum atomic E-state index is -4.38. The van der Waals surface area contributed by atoms with Gasteiger partial charge in [-0.3, -0.25) is 14.8 Å². The highest BCUT2D eigenvalue weighted by atomic mass is 19.4. The maximum atomic E-state index is 12.8. The summed E-state index contributed by atoms with van der Waals surface area (Å²) >= 11 is 0. The molecule has 0 saturated carbocycles. The molecule has 0 unspecified atom stereocenters. The number of carbonyl (C=O) groups is 1. The van der Waals surface area contributed by atoms with Crippen LogP contribution in [-0.2, 0) is 17.5 Å². The van der Waals surface area contributed by atoms with Crippen LogP contribution in [0.15, 0.2) is 30.6 Å².